The third-order valence-electron chi connectivity index (χ3n) is 2.87. The van der Waals surface area contributed by atoms with Gasteiger partial charge >= 0.3 is 5.97 Å². The number of aliphatic carboxylic acids is 1. The van der Waals surface area contributed by atoms with Crippen molar-refractivity contribution in [1.29, 1.82) is 0 Å². The lowest BCUT2D eigenvalue weighted by atomic mass is 10.0. The second kappa shape index (κ2) is 8.19. The number of methoxy groups -OCH3 is 2. The van der Waals surface area contributed by atoms with E-state index < -0.39 is 5.97 Å². The van der Waals surface area contributed by atoms with Gasteiger partial charge in [0, 0.05) is 13.0 Å². The van der Waals surface area contributed by atoms with Gasteiger partial charge in [0.15, 0.2) is 0 Å². The largest absolute Gasteiger partial charge is 0.481 e. The Kier molecular flexibility index (Phi) is 6.55. The summed E-state index contributed by atoms with van der Waals surface area (Å²) in [7, 11) is 3.05. The van der Waals surface area contributed by atoms with Crippen LogP contribution in [0.5, 0.6) is 11.8 Å². The van der Waals surface area contributed by atoms with E-state index in [0.717, 1.165) is 6.42 Å². The minimum atomic E-state index is -0.759. The lowest BCUT2D eigenvalue weighted by Crippen LogP contribution is -2.11. The maximum Gasteiger partial charge on any atom is 0.303 e. The molecule has 0 amide bonds. The maximum absolute atomic E-state index is 10.5. The van der Waals surface area contributed by atoms with Crippen molar-refractivity contribution >= 4 is 11.9 Å². The molecule has 0 saturated carbocycles. The first kappa shape index (κ1) is 16.0. The summed E-state index contributed by atoms with van der Waals surface area (Å²) in [5.74, 6) is 0.861. The number of carboxylic acids is 1. The number of aromatic nitrogens is 2. The number of hydrogen-bond donors (Lipinski definition) is 2. The Hall–Kier alpha value is -2.05. The van der Waals surface area contributed by atoms with Gasteiger partial charge in [-0.05, 0) is 18.8 Å². The summed E-state index contributed by atoms with van der Waals surface area (Å²) < 4.78 is 10.1. The molecule has 0 aliphatic carbocycles. The number of rotatable bonds is 9. The molecule has 1 heterocycles. The molecule has 0 spiro atoms. The number of anilines is 1. The summed E-state index contributed by atoms with van der Waals surface area (Å²) in [6, 6.07) is 1.60. The molecule has 1 unspecified atom stereocenters. The van der Waals surface area contributed by atoms with Gasteiger partial charge in [-0.25, -0.2) is 0 Å². The molecule has 0 aliphatic rings. The Morgan fingerprint density at radius 3 is 2.40 bits per heavy atom. The Balaban J connectivity index is 2.43. The second-order valence-electron chi connectivity index (χ2n) is 4.53. The predicted molar refractivity (Wildman–Crippen MR) is 74.3 cm³/mol. The molecule has 1 aromatic rings. The van der Waals surface area contributed by atoms with Crippen LogP contribution < -0.4 is 14.8 Å². The molecular formula is C13H21N3O4. The van der Waals surface area contributed by atoms with Crippen molar-refractivity contribution in [3.05, 3.63) is 6.07 Å². The molecule has 1 rings (SSSR count). The van der Waals surface area contributed by atoms with Gasteiger partial charge in [-0.15, -0.1) is 0 Å². The van der Waals surface area contributed by atoms with Crippen LogP contribution in [0.4, 0.5) is 5.95 Å². The molecule has 20 heavy (non-hydrogen) atoms. The van der Waals surface area contributed by atoms with Crippen molar-refractivity contribution in [1.82, 2.24) is 9.97 Å². The normalized spacial score (nSPS) is 11.8. The summed E-state index contributed by atoms with van der Waals surface area (Å²) >= 11 is 0. The van der Waals surface area contributed by atoms with Gasteiger partial charge in [-0.2, -0.15) is 9.97 Å². The number of hydrogen-bond acceptors (Lipinski definition) is 6. The van der Waals surface area contributed by atoms with Crippen LogP contribution in [0.3, 0.4) is 0 Å². The van der Waals surface area contributed by atoms with E-state index in [-0.39, 0.29) is 6.42 Å². The van der Waals surface area contributed by atoms with E-state index in [4.69, 9.17) is 14.6 Å². The highest BCUT2D eigenvalue weighted by Crippen LogP contribution is 2.17. The van der Waals surface area contributed by atoms with Crippen molar-refractivity contribution in [2.75, 3.05) is 26.1 Å². The first-order valence-electron chi connectivity index (χ1n) is 6.48. The van der Waals surface area contributed by atoms with E-state index in [1.54, 1.807) is 6.07 Å². The maximum atomic E-state index is 10.5. The third-order valence-corrected chi connectivity index (χ3v) is 2.87. The Morgan fingerprint density at radius 2 is 1.90 bits per heavy atom. The smallest absolute Gasteiger partial charge is 0.303 e. The zero-order valence-corrected chi connectivity index (χ0v) is 12.0. The average molecular weight is 283 g/mol. The monoisotopic (exact) mass is 283 g/mol. The van der Waals surface area contributed by atoms with E-state index in [1.807, 2.05) is 6.92 Å². The average Bonchev–Trinajstić information content (AvgIpc) is 2.44. The number of carbonyl (C=O) groups is 1. The van der Waals surface area contributed by atoms with E-state index in [0.29, 0.717) is 36.6 Å². The van der Waals surface area contributed by atoms with Crippen molar-refractivity contribution < 1.29 is 19.4 Å². The zero-order chi connectivity index (χ0) is 15.0. The summed E-state index contributed by atoms with van der Waals surface area (Å²) in [4.78, 5) is 18.8. The van der Waals surface area contributed by atoms with Gasteiger partial charge in [-0.1, -0.05) is 6.92 Å². The highest BCUT2D eigenvalue weighted by Gasteiger charge is 2.07. The molecule has 2 N–H and O–H groups in total. The predicted octanol–water partition coefficient (Wildman–Crippen LogP) is 1.80. The molecule has 1 aromatic heterocycles. The van der Waals surface area contributed by atoms with E-state index in [9.17, 15) is 4.79 Å². The Bertz CT molecular complexity index is 417. The first-order valence-corrected chi connectivity index (χ1v) is 6.48. The van der Waals surface area contributed by atoms with Gasteiger partial charge in [0.05, 0.1) is 20.3 Å². The molecule has 112 valence electrons. The highest BCUT2D eigenvalue weighted by atomic mass is 16.5. The number of nitrogens with zero attached hydrogens (tertiary/aromatic N) is 2. The lowest BCUT2D eigenvalue weighted by molar-refractivity contribution is -0.137. The first-order chi connectivity index (χ1) is 9.55. The molecule has 0 aromatic carbocycles. The van der Waals surface area contributed by atoms with Crippen molar-refractivity contribution in [2.45, 2.75) is 26.2 Å². The zero-order valence-electron chi connectivity index (χ0n) is 12.0. The van der Waals surface area contributed by atoms with Gasteiger partial charge in [0.25, 0.3) is 0 Å². The molecule has 0 radical (unpaired) electrons. The molecule has 0 aliphatic heterocycles. The van der Waals surface area contributed by atoms with Crippen LogP contribution in [0.2, 0.25) is 0 Å². The summed E-state index contributed by atoms with van der Waals surface area (Å²) in [6.07, 6.45) is 1.71. The Morgan fingerprint density at radius 1 is 1.30 bits per heavy atom. The number of ether oxygens (including phenoxy) is 2. The van der Waals surface area contributed by atoms with Crippen LogP contribution >= 0.6 is 0 Å². The summed E-state index contributed by atoms with van der Waals surface area (Å²) in [6.45, 7) is 2.69. The molecular weight excluding hydrogens is 262 g/mol. The van der Waals surface area contributed by atoms with Gasteiger partial charge in [0.1, 0.15) is 0 Å². The second-order valence-corrected chi connectivity index (χ2v) is 4.53. The van der Waals surface area contributed by atoms with E-state index in [2.05, 4.69) is 15.3 Å². The van der Waals surface area contributed by atoms with Crippen LogP contribution in [0.25, 0.3) is 0 Å². The minimum absolute atomic E-state index is 0.199. The Labute approximate surface area is 118 Å². The third kappa shape index (κ3) is 5.73. The van der Waals surface area contributed by atoms with E-state index >= 15 is 0 Å². The molecule has 7 heteroatoms. The SMILES string of the molecule is COc1cc(OC)nc(NCCC(C)CCC(=O)O)n1. The fourth-order valence-corrected chi connectivity index (χ4v) is 1.64. The molecule has 7 nitrogen and oxygen atoms in total. The van der Waals surface area contributed by atoms with Crippen molar-refractivity contribution in [3.63, 3.8) is 0 Å². The summed E-state index contributed by atoms with van der Waals surface area (Å²) in [5, 5.41) is 11.7. The van der Waals surface area contributed by atoms with Crippen molar-refractivity contribution in [2.24, 2.45) is 5.92 Å². The molecule has 0 fully saturated rings. The van der Waals surface area contributed by atoms with Crippen LogP contribution in [0.1, 0.15) is 26.2 Å². The number of carboxylic acid groups (broad SMARTS) is 1. The van der Waals surface area contributed by atoms with Gasteiger partial charge in [0.2, 0.25) is 17.7 Å². The van der Waals surface area contributed by atoms with Crippen LogP contribution in [0, 0.1) is 5.92 Å². The number of nitrogens with one attached hydrogen (secondary N) is 1. The van der Waals surface area contributed by atoms with Gasteiger partial charge < -0.3 is 19.9 Å². The van der Waals surface area contributed by atoms with Crippen LogP contribution in [-0.2, 0) is 4.79 Å². The fraction of sp³-hybridized carbons (Fsp3) is 0.615. The van der Waals surface area contributed by atoms with Crippen molar-refractivity contribution in [3.8, 4) is 11.8 Å². The topological polar surface area (TPSA) is 93.6 Å². The standard InChI is InChI=1S/C13H21N3O4/c1-9(4-5-12(17)18)6-7-14-13-15-10(19-2)8-11(16-13)20-3/h8-9H,4-7H2,1-3H3,(H,17,18)(H,14,15,16). The summed E-state index contributed by atoms with van der Waals surface area (Å²) in [5.41, 5.74) is 0. The van der Waals surface area contributed by atoms with E-state index in [1.165, 1.54) is 14.2 Å². The molecule has 1 atom stereocenters. The van der Waals surface area contributed by atoms with Crippen LogP contribution in [-0.4, -0.2) is 41.8 Å². The quantitative estimate of drug-likeness (QED) is 0.713. The highest BCUT2D eigenvalue weighted by molar-refractivity contribution is 5.66. The van der Waals surface area contributed by atoms with Crippen LogP contribution in [0.15, 0.2) is 6.07 Å². The van der Waals surface area contributed by atoms with Gasteiger partial charge in [-0.3, -0.25) is 4.79 Å². The molecule has 0 saturated heterocycles. The lowest BCUT2D eigenvalue weighted by Gasteiger charge is -2.11. The minimum Gasteiger partial charge on any atom is -0.481 e. The molecule has 0 bridgehead atoms. The fourth-order valence-electron chi connectivity index (χ4n) is 1.64.